The summed E-state index contributed by atoms with van der Waals surface area (Å²) in [6.07, 6.45) is 3.25. The number of hydrogen-bond donors (Lipinski definition) is 0. The van der Waals surface area contributed by atoms with Gasteiger partial charge < -0.3 is 0 Å². The van der Waals surface area contributed by atoms with E-state index in [0.29, 0.717) is 0 Å². The first-order valence-electron chi connectivity index (χ1n) is 5.62. The summed E-state index contributed by atoms with van der Waals surface area (Å²) in [5, 5.41) is 0.952. The SMILES string of the molecule is Fc1ccc2ncc(SCc3ccccc3)n2c1. The van der Waals surface area contributed by atoms with E-state index < -0.39 is 0 Å². The van der Waals surface area contributed by atoms with Crippen LogP contribution >= 0.6 is 11.8 Å². The summed E-state index contributed by atoms with van der Waals surface area (Å²) >= 11 is 1.65. The lowest BCUT2D eigenvalue weighted by Crippen LogP contribution is -1.89. The fourth-order valence-corrected chi connectivity index (χ4v) is 2.69. The number of hydrogen-bond acceptors (Lipinski definition) is 2. The molecule has 0 aliphatic rings. The van der Waals surface area contributed by atoms with Crippen LogP contribution in [0.3, 0.4) is 0 Å². The Hall–Kier alpha value is -1.81. The van der Waals surface area contributed by atoms with Gasteiger partial charge in [-0.2, -0.15) is 0 Å². The van der Waals surface area contributed by atoms with Gasteiger partial charge in [0.05, 0.1) is 11.2 Å². The maximum atomic E-state index is 13.2. The third kappa shape index (κ3) is 2.24. The minimum Gasteiger partial charge on any atom is -0.292 e. The molecule has 0 aliphatic carbocycles. The third-order valence-corrected chi connectivity index (χ3v) is 3.74. The normalized spacial score (nSPS) is 10.9. The lowest BCUT2D eigenvalue weighted by molar-refractivity contribution is 0.617. The highest BCUT2D eigenvalue weighted by Crippen LogP contribution is 2.23. The molecule has 0 amide bonds. The molecule has 2 heterocycles. The Bertz CT molecular complexity index is 664. The van der Waals surface area contributed by atoms with Crippen LogP contribution in [0.5, 0.6) is 0 Å². The Morgan fingerprint density at radius 1 is 1.11 bits per heavy atom. The van der Waals surface area contributed by atoms with Crippen LogP contribution in [0.2, 0.25) is 0 Å². The molecule has 0 aliphatic heterocycles. The van der Waals surface area contributed by atoms with Gasteiger partial charge >= 0.3 is 0 Å². The van der Waals surface area contributed by atoms with E-state index in [1.807, 2.05) is 18.2 Å². The average molecular weight is 258 g/mol. The Labute approximate surface area is 108 Å². The predicted molar refractivity (Wildman–Crippen MR) is 71.2 cm³/mol. The van der Waals surface area contributed by atoms with Crippen LogP contribution in [-0.4, -0.2) is 9.38 Å². The lowest BCUT2D eigenvalue weighted by atomic mass is 10.2. The van der Waals surface area contributed by atoms with E-state index in [0.717, 1.165) is 16.4 Å². The van der Waals surface area contributed by atoms with Gasteiger partial charge in [-0.3, -0.25) is 4.40 Å². The first kappa shape index (κ1) is 11.3. The van der Waals surface area contributed by atoms with Crippen LogP contribution in [0.4, 0.5) is 4.39 Å². The Morgan fingerprint density at radius 3 is 2.78 bits per heavy atom. The van der Waals surface area contributed by atoms with E-state index in [1.54, 1.807) is 28.4 Å². The first-order chi connectivity index (χ1) is 8.83. The number of imidazole rings is 1. The highest BCUT2D eigenvalue weighted by atomic mass is 32.2. The summed E-state index contributed by atoms with van der Waals surface area (Å²) in [4.78, 5) is 4.25. The number of pyridine rings is 1. The summed E-state index contributed by atoms with van der Waals surface area (Å²) in [6, 6.07) is 13.3. The van der Waals surface area contributed by atoms with Gasteiger partial charge in [0.15, 0.2) is 0 Å². The van der Waals surface area contributed by atoms with Crippen molar-refractivity contribution in [3.05, 3.63) is 66.2 Å². The van der Waals surface area contributed by atoms with Crippen molar-refractivity contribution in [3.8, 4) is 0 Å². The van der Waals surface area contributed by atoms with Gasteiger partial charge in [-0.1, -0.05) is 30.3 Å². The Balaban J connectivity index is 1.85. The Kier molecular flexibility index (Phi) is 3.02. The Morgan fingerprint density at radius 2 is 1.94 bits per heavy atom. The zero-order valence-electron chi connectivity index (χ0n) is 9.58. The summed E-state index contributed by atoms with van der Waals surface area (Å²) in [5.41, 5.74) is 2.01. The van der Waals surface area contributed by atoms with Crippen molar-refractivity contribution >= 4 is 17.4 Å². The van der Waals surface area contributed by atoms with Crippen molar-refractivity contribution in [2.24, 2.45) is 0 Å². The molecule has 0 N–H and O–H groups in total. The van der Waals surface area contributed by atoms with E-state index in [9.17, 15) is 4.39 Å². The molecule has 0 bridgehead atoms. The monoisotopic (exact) mass is 258 g/mol. The molecule has 2 nitrogen and oxygen atoms in total. The molecular weight excluding hydrogens is 247 g/mol. The molecule has 4 heteroatoms. The zero-order chi connectivity index (χ0) is 12.4. The molecule has 2 aromatic heterocycles. The van der Waals surface area contributed by atoms with Crippen molar-refractivity contribution in [3.63, 3.8) is 0 Å². The zero-order valence-corrected chi connectivity index (χ0v) is 10.4. The quantitative estimate of drug-likeness (QED) is 0.665. The standard InChI is InChI=1S/C14H11FN2S/c15-12-6-7-13-16-8-14(17(13)9-12)18-10-11-4-2-1-3-5-11/h1-9H,10H2. The fraction of sp³-hybridized carbons (Fsp3) is 0.0714. The van der Waals surface area contributed by atoms with Gasteiger partial charge in [0, 0.05) is 11.9 Å². The van der Waals surface area contributed by atoms with E-state index in [2.05, 4.69) is 17.1 Å². The van der Waals surface area contributed by atoms with Gasteiger partial charge in [0.25, 0.3) is 0 Å². The molecule has 0 spiro atoms. The van der Waals surface area contributed by atoms with E-state index in [1.165, 1.54) is 17.8 Å². The summed E-state index contributed by atoms with van der Waals surface area (Å²) in [6.45, 7) is 0. The molecule has 0 fully saturated rings. The molecule has 1 aromatic carbocycles. The number of benzene rings is 1. The van der Waals surface area contributed by atoms with Crippen LogP contribution < -0.4 is 0 Å². The summed E-state index contributed by atoms with van der Waals surface area (Å²) in [7, 11) is 0. The lowest BCUT2D eigenvalue weighted by Gasteiger charge is -2.02. The van der Waals surface area contributed by atoms with Crippen LogP contribution in [0.1, 0.15) is 5.56 Å². The second-order valence-corrected chi connectivity index (χ2v) is 4.94. The van der Waals surface area contributed by atoms with Gasteiger partial charge in [0.2, 0.25) is 0 Å². The van der Waals surface area contributed by atoms with E-state index in [4.69, 9.17) is 0 Å². The largest absolute Gasteiger partial charge is 0.292 e. The fourth-order valence-electron chi connectivity index (χ4n) is 1.77. The van der Waals surface area contributed by atoms with Gasteiger partial charge in [-0.25, -0.2) is 9.37 Å². The number of halogens is 1. The van der Waals surface area contributed by atoms with Crippen molar-refractivity contribution in [1.82, 2.24) is 9.38 Å². The number of aromatic nitrogens is 2. The average Bonchev–Trinajstić information content (AvgIpc) is 2.80. The molecule has 3 rings (SSSR count). The third-order valence-electron chi connectivity index (χ3n) is 2.67. The molecule has 90 valence electrons. The van der Waals surface area contributed by atoms with Crippen LogP contribution in [0, 0.1) is 5.82 Å². The maximum Gasteiger partial charge on any atom is 0.139 e. The number of nitrogens with zero attached hydrogens (tertiary/aromatic N) is 2. The number of thioether (sulfide) groups is 1. The highest BCUT2D eigenvalue weighted by Gasteiger charge is 2.04. The smallest absolute Gasteiger partial charge is 0.139 e. The van der Waals surface area contributed by atoms with Gasteiger partial charge in [-0.05, 0) is 17.7 Å². The van der Waals surface area contributed by atoms with E-state index in [-0.39, 0.29) is 5.82 Å². The predicted octanol–water partition coefficient (Wildman–Crippen LogP) is 3.77. The number of fused-ring (bicyclic) bond motifs is 1. The van der Waals surface area contributed by atoms with Crippen LogP contribution in [0.15, 0.2) is 59.9 Å². The molecule has 3 aromatic rings. The second kappa shape index (κ2) is 4.82. The molecule has 18 heavy (non-hydrogen) atoms. The maximum absolute atomic E-state index is 13.2. The molecule has 0 saturated carbocycles. The molecule has 0 radical (unpaired) electrons. The summed E-state index contributed by atoms with van der Waals surface area (Å²) in [5.74, 6) is 0.604. The molecule has 0 saturated heterocycles. The van der Waals surface area contributed by atoms with Crippen molar-refractivity contribution in [1.29, 1.82) is 0 Å². The van der Waals surface area contributed by atoms with Gasteiger partial charge in [-0.15, -0.1) is 11.8 Å². The second-order valence-electron chi connectivity index (χ2n) is 3.95. The van der Waals surface area contributed by atoms with Crippen molar-refractivity contribution < 1.29 is 4.39 Å². The molecule has 0 unspecified atom stereocenters. The molecule has 0 atom stereocenters. The van der Waals surface area contributed by atoms with Crippen molar-refractivity contribution in [2.75, 3.05) is 0 Å². The van der Waals surface area contributed by atoms with Gasteiger partial charge in [0.1, 0.15) is 11.5 Å². The minimum atomic E-state index is -0.248. The van der Waals surface area contributed by atoms with E-state index >= 15 is 0 Å². The van der Waals surface area contributed by atoms with Crippen molar-refractivity contribution in [2.45, 2.75) is 10.8 Å². The first-order valence-corrected chi connectivity index (χ1v) is 6.61. The van der Waals surface area contributed by atoms with Crippen LogP contribution in [0.25, 0.3) is 5.65 Å². The van der Waals surface area contributed by atoms with Crippen LogP contribution in [-0.2, 0) is 5.75 Å². The summed E-state index contributed by atoms with van der Waals surface area (Å²) < 4.78 is 15.0. The minimum absolute atomic E-state index is 0.248. The highest BCUT2D eigenvalue weighted by molar-refractivity contribution is 7.98. The number of rotatable bonds is 3. The topological polar surface area (TPSA) is 17.3 Å². The molecular formula is C14H11FN2S.